The van der Waals surface area contributed by atoms with Crippen LogP contribution < -0.4 is 5.56 Å². The van der Waals surface area contributed by atoms with Gasteiger partial charge in [0.05, 0.1) is 35.6 Å². The van der Waals surface area contributed by atoms with Gasteiger partial charge in [0.1, 0.15) is 6.61 Å². The van der Waals surface area contributed by atoms with Gasteiger partial charge >= 0.3 is 13.8 Å². The summed E-state index contributed by atoms with van der Waals surface area (Å²) in [6, 6.07) is 8.58. The van der Waals surface area contributed by atoms with E-state index >= 15 is 0 Å². The molecule has 11 heteroatoms. The molecule has 2 aliphatic heterocycles. The largest absolute Gasteiger partial charge is 0.469 e. The van der Waals surface area contributed by atoms with Gasteiger partial charge in [-0.15, -0.1) is 0 Å². The van der Waals surface area contributed by atoms with Crippen molar-refractivity contribution in [1.29, 1.82) is 0 Å². The zero-order chi connectivity index (χ0) is 22.8. The van der Waals surface area contributed by atoms with Gasteiger partial charge in [0.2, 0.25) is 0 Å². The minimum absolute atomic E-state index is 0.0686. The van der Waals surface area contributed by atoms with E-state index in [0.717, 1.165) is 10.9 Å². The molecule has 2 aliphatic rings. The van der Waals surface area contributed by atoms with Gasteiger partial charge in [-0.1, -0.05) is 13.0 Å². The average Bonchev–Trinajstić information content (AvgIpc) is 3.11. The molecule has 2 aromatic heterocycles. The van der Waals surface area contributed by atoms with Crippen LogP contribution in [0.1, 0.15) is 35.6 Å². The third kappa shape index (κ3) is 3.19. The van der Waals surface area contributed by atoms with Crippen molar-refractivity contribution < 1.29 is 33.5 Å². The summed E-state index contributed by atoms with van der Waals surface area (Å²) >= 11 is 0. The van der Waals surface area contributed by atoms with E-state index < -0.39 is 19.4 Å². The van der Waals surface area contributed by atoms with Gasteiger partial charge < -0.3 is 24.2 Å². The number of ether oxygens (including phenoxy) is 1. The lowest BCUT2D eigenvalue weighted by molar-refractivity contribution is -0.172. The number of benzene rings is 1. The molecule has 1 atom stereocenters. The van der Waals surface area contributed by atoms with Gasteiger partial charge in [0, 0.05) is 16.5 Å². The van der Waals surface area contributed by atoms with Crippen molar-refractivity contribution in [2.24, 2.45) is 0 Å². The first-order valence-corrected chi connectivity index (χ1v) is 11.4. The first-order chi connectivity index (χ1) is 15.1. The summed E-state index contributed by atoms with van der Waals surface area (Å²) in [5.41, 5.74) is 1.35. The molecule has 0 unspecified atom stereocenters. The second kappa shape index (κ2) is 7.06. The quantitative estimate of drug-likeness (QED) is 0.307. The number of carbonyl (C=O) groups excluding carboxylic acids is 1. The van der Waals surface area contributed by atoms with E-state index in [1.165, 1.54) is 0 Å². The maximum atomic E-state index is 13.2. The summed E-state index contributed by atoms with van der Waals surface area (Å²) in [6.07, 6.45) is 0.0686. The minimum atomic E-state index is -4.59. The van der Waals surface area contributed by atoms with Crippen LogP contribution in [0.15, 0.2) is 35.1 Å². The Morgan fingerprint density at radius 2 is 2.03 bits per heavy atom. The lowest BCUT2D eigenvalue weighted by atomic mass is 9.86. The first-order valence-electron chi connectivity index (χ1n) is 9.90. The highest BCUT2D eigenvalue weighted by Gasteiger charge is 2.45. The Labute approximate surface area is 181 Å². The fourth-order valence-electron chi connectivity index (χ4n) is 4.28. The van der Waals surface area contributed by atoms with Gasteiger partial charge in [-0.2, -0.15) is 0 Å². The smallest absolute Gasteiger partial charge is 0.458 e. The molecule has 166 valence electrons. The molecule has 1 aromatic carbocycles. The topological polar surface area (TPSA) is 148 Å². The summed E-state index contributed by atoms with van der Waals surface area (Å²) in [4.78, 5) is 47.9. The summed E-state index contributed by atoms with van der Waals surface area (Å²) in [6.45, 7) is 1.47. The summed E-state index contributed by atoms with van der Waals surface area (Å²) < 4.78 is 22.1. The van der Waals surface area contributed by atoms with E-state index in [1.54, 1.807) is 35.8 Å². The van der Waals surface area contributed by atoms with Crippen LogP contribution in [0.5, 0.6) is 0 Å². The Bertz CT molecular complexity index is 1410. The fourth-order valence-corrected chi connectivity index (χ4v) is 4.60. The predicted molar refractivity (Wildman–Crippen MR) is 111 cm³/mol. The van der Waals surface area contributed by atoms with Crippen LogP contribution >= 0.6 is 7.82 Å². The number of nitrogens with zero attached hydrogens (tertiary/aromatic N) is 2. The van der Waals surface area contributed by atoms with Crippen LogP contribution in [0.4, 0.5) is 0 Å². The Kier molecular flexibility index (Phi) is 4.63. The molecule has 5 rings (SSSR count). The molecular formula is C21H19N2O8P. The number of phosphoric acid groups is 1. The van der Waals surface area contributed by atoms with Crippen LogP contribution in [-0.4, -0.2) is 30.4 Å². The van der Waals surface area contributed by atoms with E-state index in [1.807, 2.05) is 6.07 Å². The van der Waals surface area contributed by atoms with Crippen LogP contribution in [-0.2, 0) is 44.0 Å². The number of rotatable bonds is 4. The van der Waals surface area contributed by atoms with Crippen LogP contribution in [0, 0.1) is 0 Å². The average molecular weight is 458 g/mol. The number of hydrogen-bond donors (Lipinski definition) is 3. The standard InChI is InChI=1S/C21H19N2O8P/c1-2-21(26)15-7-17-18-13(8-23(17)19(24)14(15)10-30-20(21)25)6-12-5-11(3-4-16(12)22-18)9-31-32(27,28)29/h3-7,26H,2,8-10H2,1H3,(H2,27,28,29)/t21-/m0/s1. The number of aliphatic hydroxyl groups is 1. The first kappa shape index (κ1) is 21.0. The van der Waals surface area contributed by atoms with E-state index in [2.05, 4.69) is 9.51 Å². The SMILES string of the molecule is CC[C@@]1(O)C(=O)OCc2c1cc1n(c2=O)Cc2cc3cc(COP(=O)(O)O)ccc3nc2-1. The number of hydrogen-bond acceptors (Lipinski definition) is 7. The summed E-state index contributed by atoms with van der Waals surface area (Å²) in [5, 5.41) is 11.6. The van der Waals surface area contributed by atoms with Gasteiger partial charge in [-0.25, -0.2) is 14.3 Å². The molecular weight excluding hydrogens is 439 g/mol. The Morgan fingerprint density at radius 1 is 1.25 bits per heavy atom. The lowest BCUT2D eigenvalue weighted by Crippen LogP contribution is -2.44. The van der Waals surface area contributed by atoms with Crippen molar-refractivity contribution in [3.8, 4) is 11.4 Å². The number of aromatic nitrogens is 2. The van der Waals surface area contributed by atoms with Crippen molar-refractivity contribution in [2.45, 2.75) is 38.7 Å². The van der Waals surface area contributed by atoms with Crippen LogP contribution in [0.25, 0.3) is 22.3 Å². The highest BCUT2D eigenvalue weighted by atomic mass is 31.2. The molecule has 0 amide bonds. The van der Waals surface area contributed by atoms with Gasteiger partial charge in [0.15, 0.2) is 5.60 Å². The summed E-state index contributed by atoms with van der Waals surface area (Å²) in [5.74, 6) is -0.772. The van der Waals surface area contributed by atoms with Crippen molar-refractivity contribution in [2.75, 3.05) is 0 Å². The minimum Gasteiger partial charge on any atom is -0.458 e. The molecule has 0 spiro atoms. The molecule has 0 saturated carbocycles. The molecule has 10 nitrogen and oxygen atoms in total. The third-order valence-electron chi connectivity index (χ3n) is 5.97. The zero-order valence-corrected chi connectivity index (χ0v) is 17.8. The normalized spacial score (nSPS) is 19.4. The molecule has 0 bridgehead atoms. The maximum Gasteiger partial charge on any atom is 0.469 e. The van der Waals surface area contributed by atoms with Gasteiger partial charge in [-0.05, 0) is 36.2 Å². The third-order valence-corrected chi connectivity index (χ3v) is 6.44. The van der Waals surface area contributed by atoms with Crippen LogP contribution in [0.3, 0.4) is 0 Å². The van der Waals surface area contributed by atoms with E-state index in [-0.39, 0.29) is 42.9 Å². The molecule has 0 fully saturated rings. The van der Waals surface area contributed by atoms with Crippen molar-refractivity contribution in [3.63, 3.8) is 0 Å². The number of cyclic esters (lactones) is 1. The van der Waals surface area contributed by atoms with Crippen LogP contribution in [0.2, 0.25) is 0 Å². The highest BCUT2D eigenvalue weighted by Crippen LogP contribution is 2.39. The Balaban J connectivity index is 1.62. The Hall–Kier alpha value is -2.88. The number of esters is 1. The molecule has 3 N–H and O–H groups in total. The number of phosphoric ester groups is 1. The second-order valence-corrected chi connectivity index (χ2v) is 9.13. The van der Waals surface area contributed by atoms with Crippen molar-refractivity contribution >= 4 is 24.7 Å². The molecule has 0 radical (unpaired) electrons. The van der Waals surface area contributed by atoms with E-state index in [9.17, 15) is 19.3 Å². The molecule has 0 saturated heterocycles. The van der Waals surface area contributed by atoms with Gasteiger partial charge in [0.25, 0.3) is 5.56 Å². The Morgan fingerprint density at radius 3 is 2.75 bits per heavy atom. The molecule has 3 aromatic rings. The number of carbonyl (C=O) groups is 1. The van der Waals surface area contributed by atoms with Gasteiger partial charge in [-0.3, -0.25) is 9.32 Å². The van der Waals surface area contributed by atoms with Crippen molar-refractivity contribution in [1.82, 2.24) is 9.55 Å². The molecule has 0 aliphatic carbocycles. The molecule has 32 heavy (non-hydrogen) atoms. The van der Waals surface area contributed by atoms with E-state index in [4.69, 9.17) is 14.5 Å². The van der Waals surface area contributed by atoms with E-state index in [0.29, 0.717) is 22.5 Å². The monoisotopic (exact) mass is 458 g/mol. The molecule has 4 heterocycles. The summed E-state index contributed by atoms with van der Waals surface area (Å²) in [7, 11) is -4.59. The number of pyridine rings is 2. The van der Waals surface area contributed by atoms with Crippen molar-refractivity contribution in [3.05, 3.63) is 62.9 Å². The second-order valence-electron chi connectivity index (χ2n) is 7.89. The lowest BCUT2D eigenvalue weighted by Gasteiger charge is -2.31. The predicted octanol–water partition coefficient (Wildman–Crippen LogP) is 1.69. The fraction of sp³-hybridized carbons (Fsp3) is 0.286. The zero-order valence-electron chi connectivity index (χ0n) is 16.9. The maximum absolute atomic E-state index is 13.2. The number of fused-ring (bicyclic) bond motifs is 5. The highest BCUT2D eigenvalue weighted by molar-refractivity contribution is 7.46.